The van der Waals surface area contributed by atoms with Crippen LogP contribution < -0.4 is 11.3 Å². The van der Waals surface area contributed by atoms with Crippen LogP contribution in [0.4, 0.5) is 0 Å². The van der Waals surface area contributed by atoms with Crippen molar-refractivity contribution in [1.82, 2.24) is 5.43 Å². The first-order valence-electron chi connectivity index (χ1n) is 6.12. The smallest absolute Gasteiger partial charge is 0.111 e. The molecule has 3 heteroatoms. The van der Waals surface area contributed by atoms with Gasteiger partial charge in [-0.05, 0) is 37.2 Å². The third kappa shape index (κ3) is 2.34. The summed E-state index contributed by atoms with van der Waals surface area (Å²) in [7, 11) is 0. The van der Waals surface area contributed by atoms with E-state index in [1.165, 1.54) is 19.3 Å². The zero-order chi connectivity index (χ0) is 10.7. The fourth-order valence-electron chi connectivity index (χ4n) is 2.88. The van der Waals surface area contributed by atoms with Gasteiger partial charge >= 0.3 is 0 Å². The Labute approximate surface area is 92.0 Å². The Morgan fingerprint density at radius 2 is 2.33 bits per heavy atom. The van der Waals surface area contributed by atoms with Crippen molar-refractivity contribution in [1.29, 1.82) is 0 Å². The molecule has 0 bridgehead atoms. The molecule has 0 amide bonds. The summed E-state index contributed by atoms with van der Waals surface area (Å²) in [6.07, 6.45) is 8.42. The second kappa shape index (κ2) is 4.99. The number of rotatable bonds is 3. The summed E-state index contributed by atoms with van der Waals surface area (Å²) < 4.78 is 5.71. The summed E-state index contributed by atoms with van der Waals surface area (Å²) in [4.78, 5) is 0. The highest BCUT2D eigenvalue weighted by molar-refractivity contribution is 5.08. The maximum Gasteiger partial charge on any atom is 0.111 e. The van der Waals surface area contributed by atoms with Crippen LogP contribution in [0.3, 0.4) is 0 Å². The molecule has 0 saturated heterocycles. The molecule has 0 aromatic rings. The van der Waals surface area contributed by atoms with Gasteiger partial charge in [-0.15, -0.1) is 0 Å². The average molecular weight is 210 g/mol. The van der Waals surface area contributed by atoms with Gasteiger partial charge in [-0.3, -0.25) is 5.84 Å². The number of hydrazine groups is 1. The van der Waals surface area contributed by atoms with E-state index in [1.807, 2.05) is 0 Å². The number of ether oxygens (including phenoxy) is 1. The molecule has 86 valence electrons. The molecule has 1 fully saturated rings. The van der Waals surface area contributed by atoms with Crippen molar-refractivity contribution >= 4 is 0 Å². The second-order valence-electron chi connectivity index (χ2n) is 4.81. The monoisotopic (exact) mass is 210 g/mol. The Bertz CT molecular complexity index is 240. The van der Waals surface area contributed by atoms with Crippen molar-refractivity contribution in [3.63, 3.8) is 0 Å². The quantitative estimate of drug-likeness (QED) is 0.553. The standard InChI is InChI=1S/C12H22N2O/c1-9-5-4-6-10(9)12(14-13)11-7-2-3-8-15-11/h7,9-10,12,14H,2-6,8,13H2,1H3. The lowest BCUT2D eigenvalue weighted by Crippen LogP contribution is -2.44. The van der Waals surface area contributed by atoms with Gasteiger partial charge in [-0.25, -0.2) is 5.43 Å². The minimum atomic E-state index is 0.239. The summed E-state index contributed by atoms with van der Waals surface area (Å²) in [5.74, 6) is 8.17. The normalized spacial score (nSPS) is 33.3. The van der Waals surface area contributed by atoms with Crippen molar-refractivity contribution in [3.8, 4) is 0 Å². The summed E-state index contributed by atoms with van der Waals surface area (Å²) >= 11 is 0. The van der Waals surface area contributed by atoms with E-state index >= 15 is 0 Å². The molecule has 15 heavy (non-hydrogen) atoms. The molecule has 3 nitrogen and oxygen atoms in total. The lowest BCUT2D eigenvalue weighted by Gasteiger charge is -2.30. The van der Waals surface area contributed by atoms with E-state index in [9.17, 15) is 0 Å². The molecule has 3 N–H and O–H groups in total. The minimum Gasteiger partial charge on any atom is -0.497 e. The molecular formula is C12H22N2O. The highest BCUT2D eigenvalue weighted by Crippen LogP contribution is 2.36. The van der Waals surface area contributed by atoms with Crippen molar-refractivity contribution in [3.05, 3.63) is 11.8 Å². The van der Waals surface area contributed by atoms with Gasteiger partial charge in [0.2, 0.25) is 0 Å². The first-order valence-corrected chi connectivity index (χ1v) is 6.12. The van der Waals surface area contributed by atoms with E-state index in [1.54, 1.807) is 0 Å². The molecule has 1 heterocycles. The van der Waals surface area contributed by atoms with Crippen molar-refractivity contribution in [2.24, 2.45) is 17.7 Å². The number of hydrogen-bond donors (Lipinski definition) is 2. The van der Waals surface area contributed by atoms with Crippen LogP contribution in [0, 0.1) is 11.8 Å². The van der Waals surface area contributed by atoms with Gasteiger partial charge in [0.05, 0.1) is 12.6 Å². The van der Waals surface area contributed by atoms with Crippen molar-refractivity contribution in [2.45, 2.75) is 45.1 Å². The van der Waals surface area contributed by atoms with Gasteiger partial charge in [0.1, 0.15) is 5.76 Å². The van der Waals surface area contributed by atoms with Crippen LogP contribution >= 0.6 is 0 Å². The first kappa shape index (κ1) is 11.0. The molecular weight excluding hydrogens is 188 g/mol. The van der Waals surface area contributed by atoms with Crippen LogP contribution in [0.1, 0.15) is 39.0 Å². The lowest BCUT2D eigenvalue weighted by atomic mass is 9.88. The fraction of sp³-hybridized carbons (Fsp3) is 0.833. The third-order valence-corrected chi connectivity index (χ3v) is 3.80. The Kier molecular flexibility index (Phi) is 3.65. The molecule has 1 saturated carbocycles. The lowest BCUT2D eigenvalue weighted by molar-refractivity contribution is 0.142. The topological polar surface area (TPSA) is 47.3 Å². The molecule has 0 aromatic carbocycles. The van der Waals surface area contributed by atoms with Gasteiger partial charge in [0.15, 0.2) is 0 Å². The molecule has 1 aliphatic heterocycles. The van der Waals surface area contributed by atoms with E-state index in [-0.39, 0.29) is 6.04 Å². The Balaban J connectivity index is 2.05. The Hall–Kier alpha value is -0.540. The van der Waals surface area contributed by atoms with Gasteiger partial charge < -0.3 is 4.74 Å². The fourth-order valence-corrected chi connectivity index (χ4v) is 2.88. The van der Waals surface area contributed by atoms with Gasteiger partial charge in [0, 0.05) is 0 Å². The SMILES string of the molecule is CC1CCCC1C(NN)C1=CCCCO1. The van der Waals surface area contributed by atoms with Crippen molar-refractivity contribution < 1.29 is 4.74 Å². The van der Waals surface area contributed by atoms with E-state index in [2.05, 4.69) is 18.4 Å². The summed E-state index contributed by atoms with van der Waals surface area (Å²) in [6.45, 7) is 3.18. The number of hydrogen-bond acceptors (Lipinski definition) is 3. The zero-order valence-corrected chi connectivity index (χ0v) is 9.54. The van der Waals surface area contributed by atoms with Gasteiger partial charge in [0.25, 0.3) is 0 Å². The summed E-state index contributed by atoms with van der Waals surface area (Å²) in [5, 5.41) is 0. The molecule has 2 rings (SSSR count). The predicted molar refractivity (Wildman–Crippen MR) is 60.9 cm³/mol. The van der Waals surface area contributed by atoms with E-state index in [4.69, 9.17) is 10.6 Å². The molecule has 0 spiro atoms. The number of nitrogens with one attached hydrogen (secondary N) is 1. The van der Waals surface area contributed by atoms with Crippen molar-refractivity contribution in [2.75, 3.05) is 6.61 Å². The molecule has 0 aromatic heterocycles. The predicted octanol–water partition coefficient (Wildman–Crippen LogP) is 1.95. The number of nitrogens with two attached hydrogens (primary N) is 1. The maximum atomic E-state index is 5.71. The minimum absolute atomic E-state index is 0.239. The molecule has 3 atom stereocenters. The molecule has 0 radical (unpaired) electrons. The average Bonchev–Trinajstić information content (AvgIpc) is 2.68. The molecule has 1 aliphatic carbocycles. The largest absolute Gasteiger partial charge is 0.497 e. The summed E-state index contributed by atoms with van der Waals surface area (Å²) in [6, 6.07) is 0.239. The Morgan fingerprint density at radius 3 is 2.87 bits per heavy atom. The van der Waals surface area contributed by atoms with Crippen LogP contribution in [0.25, 0.3) is 0 Å². The molecule has 3 unspecified atom stereocenters. The van der Waals surface area contributed by atoms with Gasteiger partial charge in [-0.1, -0.05) is 19.8 Å². The highest BCUT2D eigenvalue weighted by atomic mass is 16.5. The first-order chi connectivity index (χ1) is 7.33. The maximum absolute atomic E-state index is 5.71. The van der Waals surface area contributed by atoms with Crippen LogP contribution in [-0.4, -0.2) is 12.6 Å². The summed E-state index contributed by atoms with van der Waals surface area (Å²) in [5.41, 5.74) is 2.95. The van der Waals surface area contributed by atoms with Crippen LogP contribution in [0.2, 0.25) is 0 Å². The zero-order valence-electron chi connectivity index (χ0n) is 9.54. The van der Waals surface area contributed by atoms with E-state index < -0.39 is 0 Å². The molecule has 2 aliphatic rings. The van der Waals surface area contributed by atoms with E-state index in [0.717, 1.165) is 31.1 Å². The second-order valence-corrected chi connectivity index (χ2v) is 4.81. The number of allylic oxidation sites excluding steroid dienone is 1. The van der Waals surface area contributed by atoms with Crippen LogP contribution in [-0.2, 0) is 4.74 Å². The third-order valence-electron chi connectivity index (χ3n) is 3.80. The van der Waals surface area contributed by atoms with Crippen LogP contribution in [0.5, 0.6) is 0 Å². The Morgan fingerprint density at radius 1 is 1.47 bits per heavy atom. The van der Waals surface area contributed by atoms with Crippen LogP contribution in [0.15, 0.2) is 11.8 Å². The van der Waals surface area contributed by atoms with Gasteiger partial charge in [-0.2, -0.15) is 0 Å². The highest BCUT2D eigenvalue weighted by Gasteiger charge is 2.33. The van der Waals surface area contributed by atoms with E-state index in [0.29, 0.717) is 5.92 Å².